The number of nitrogens with one attached hydrogen (secondary N) is 2. The van der Waals surface area contributed by atoms with Crippen LogP contribution < -0.4 is 25.0 Å². The monoisotopic (exact) mass is 465 g/mol. The predicted octanol–water partition coefficient (Wildman–Crippen LogP) is 4.98. The third-order valence-electron chi connectivity index (χ3n) is 5.41. The number of urea groups is 1. The number of amides is 2. The second-order valence-electron chi connectivity index (χ2n) is 7.58. The van der Waals surface area contributed by atoms with Crippen LogP contribution in [0.25, 0.3) is 11.3 Å². The van der Waals surface area contributed by atoms with Crippen LogP contribution in [0, 0.1) is 0 Å². The molecule has 34 heavy (non-hydrogen) atoms. The first-order valence-corrected chi connectivity index (χ1v) is 10.7. The number of halogens is 2. The van der Waals surface area contributed by atoms with Gasteiger partial charge in [-0.05, 0) is 42.0 Å². The first kappa shape index (κ1) is 21.6. The molecule has 0 radical (unpaired) electrons. The lowest BCUT2D eigenvalue weighted by Gasteiger charge is -2.23. The highest BCUT2D eigenvalue weighted by atomic mass is 19.3. The zero-order chi connectivity index (χ0) is 23.5. The average molecular weight is 465 g/mol. The van der Waals surface area contributed by atoms with E-state index in [-0.39, 0.29) is 18.3 Å². The van der Waals surface area contributed by atoms with Crippen molar-refractivity contribution >= 4 is 23.0 Å². The minimum Gasteiger partial charge on any atom is -0.486 e. The van der Waals surface area contributed by atoms with E-state index in [0.29, 0.717) is 36.1 Å². The number of carbonyl (C=O) groups excluding carboxylic acids is 1. The van der Waals surface area contributed by atoms with Gasteiger partial charge in [0, 0.05) is 11.1 Å². The molecular weight excluding hydrogens is 444 g/mol. The molecule has 2 aliphatic rings. The van der Waals surface area contributed by atoms with E-state index in [1.54, 1.807) is 30.3 Å². The first-order valence-electron chi connectivity index (χ1n) is 10.7. The van der Waals surface area contributed by atoms with Gasteiger partial charge in [0.05, 0.1) is 17.9 Å². The van der Waals surface area contributed by atoms with E-state index < -0.39 is 6.61 Å². The number of ether oxygens (including phenoxy) is 3. The van der Waals surface area contributed by atoms with Crippen molar-refractivity contribution in [3.63, 3.8) is 0 Å². The van der Waals surface area contributed by atoms with Gasteiger partial charge in [-0.2, -0.15) is 8.78 Å². The summed E-state index contributed by atoms with van der Waals surface area (Å²) >= 11 is 0. The highest BCUT2D eigenvalue weighted by molar-refractivity contribution is 5.99. The van der Waals surface area contributed by atoms with Crippen LogP contribution in [-0.4, -0.2) is 37.4 Å². The number of hydrogen-bond acceptors (Lipinski definition) is 5. The Morgan fingerprint density at radius 2 is 1.71 bits per heavy atom. The lowest BCUT2D eigenvalue weighted by Crippen LogP contribution is -2.41. The van der Waals surface area contributed by atoms with Crippen LogP contribution in [0.2, 0.25) is 0 Å². The Hall–Kier alpha value is -4.27. The van der Waals surface area contributed by atoms with Gasteiger partial charge in [0.1, 0.15) is 19.0 Å². The second kappa shape index (κ2) is 9.30. The molecule has 0 aromatic heterocycles. The molecule has 3 aromatic rings. The fraction of sp³-hybridized carbons (Fsp3) is 0.160. The minimum absolute atomic E-state index is 0.0595. The molecule has 9 heteroatoms. The van der Waals surface area contributed by atoms with E-state index >= 15 is 0 Å². The number of anilines is 1. The smallest absolute Gasteiger partial charge is 0.387 e. The molecule has 0 bridgehead atoms. The van der Waals surface area contributed by atoms with Crippen molar-refractivity contribution in [1.82, 2.24) is 10.4 Å². The molecule has 2 heterocycles. The third-order valence-corrected chi connectivity index (χ3v) is 5.41. The molecule has 2 aliphatic heterocycles. The van der Waals surface area contributed by atoms with Crippen LogP contribution >= 0.6 is 0 Å². The SMILES string of the molecule is O=C(Nc1cccc2c1OCCO2)N1CC(c2ccccc2)=C(c2ccc(OC(F)F)cc2)N1. The van der Waals surface area contributed by atoms with E-state index in [9.17, 15) is 13.6 Å². The highest BCUT2D eigenvalue weighted by Crippen LogP contribution is 2.38. The van der Waals surface area contributed by atoms with Gasteiger partial charge in [-0.25, -0.2) is 9.80 Å². The summed E-state index contributed by atoms with van der Waals surface area (Å²) in [5.74, 6) is 1.13. The van der Waals surface area contributed by atoms with E-state index in [2.05, 4.69) is 15.5 Å². The molecule has 7 nitrogen and oxygen atoms in total. The maximum Gasteiger partial charge on any atom is 0.387 e. The van der Waals surface area contributed by atoms with Gasteiger partial charge in [0.25, 0.3) is 0 Å². The van der Waals surface area contributed by atoms with Crippen molar-refractivity contribution in [3.05, 3.63) is 83.9 Å². The van der Waals surface area contributed by atoms with Gasteiger partial charge in [-0.1, -0.05) is 36.4 Å². The first-order chi connectivity index (χ1) is 16.6. The van der Waals surface area contributed by atoms with Gasteiger partial charge < -0.3 is 19.5 Å². The van der Waals surface area contributed by atoms with Crippen molar-refractivity contribution in [1.29, 1.82) is 0 Å². The molecule has 0 unspecified atom stereocenters. The number of rotatable bonds is 5. The number of fused-ring (bicyclic) bond motifs is 1. The number of alkyl halides is 2. The molecule has 0 aliphatic carbocycles. The zero-order valence-corrected chi connectivity index (χ0v) is 18.0. The number of hydrazine groups is 1. The third kappa shape index (κ3) is 4.45. The van der Waals surface area contributed by atoms with Gasteiger partial charge >= 0.3 is 12.6 Å². The molecular formula is C25H21F2N3O4. The number of benzene rings is 3. The summed E-state index contributed by atoms with van der Waals surface area (Å²) in [6.07, 6.45) is 0. The summed E-state index contributed by atoms with van der Waals surface area (Å²) in [4.78, 5) is 13.2. The van der Waals surface area contributed by atoms with E-state index in [0.717, 1.165) is 16.7 Å². The Balaban J connectivity index is 1.40. The molecule has 0 saturated heterocycles. The number of carbonyl (C=O) groups is 1. The molecule has 0 fully saturated rings. The molecule has 5 rings (SSSR count). The van der Waals surface area contributed by atoms with Gasteiger partial charge in [0.15, 0.2) is 11.5 Å². The predicted molar refractivity (Wildman–Crippen MR) is 123 cm³/mol. The Labute approximate surface area is 194 Å². The molecule has 0 spiro atoms. The normalized spacial score (nSPS) is 14.7. The maximum absolute atomic E-state index is 13.2. The van der Waals surface area contributed by atoms with Crippen LogP contribution in [0.3, 0.4) is 0 Å². The fourth-order valence-electron chi connectivity index (χ4n) is 3.87. The number of nitrogens with zero attached hydrogens (tertiary/aromatic N) is 1. The lowest BCUT2D eigenvalue weighted by molar-refractivity contribution is -0.0498. The Kier molecular flexibility index (Phi) is 5.90. The van der Waals surface area contributed by atoms with Crippen LogP contribution in [0.4, 0.5) is 19.3 Å². The largest absolute Gasteiger partial charge is 0.486 e. The minimum atomic E-state index is -2.90. The summed E-state index contributed by atoms with van der Waals surface area (Å²) in [6, 6.07) is 20.8. The van der Waals surface area contributed by atoms with Crippen molar-refractivity contribution in [2.45, 2.75) is 6.61 Å². The van der Waals surface area contributed by atoms with Crippen molar-refractivity contribution in [2.24, 2.45) is 0 Å². The molecule has 2 N–H and O–H groups in total. The van der Waals surface area contributed by atoms with Crippen molar-refractivity contribution in [3.8, 4) is 17.2 Å². The van der Waals surface area contributed by atoms with Crippen molar-refractivity contribution in [2.75, 3.05) is 25.1 Å². The molecule has 174 valence electrons. The fourth-order valence-corrected chi connectivity index (χ4v) is 3.87. The summed E-state index contributed by atoms with van der Waals surface area (Å²) in [5.41, 5.74) is 6.90. The quantitative estimate of drug-likeness (QED) is 0.556. The molecule has 0 atom stereocenters. The van der Waals surface area contributed by atoms with E-state index in [1.807, 2.05) is 30.3 Å². The number of para-hydroxylation sites is 1. The van der Waals surface area contributed by atoms with Gasteiger partial charge in [-0.3, -0.25) is 5.43 Å². The zero-order valence-electron chi connectivity index (χ0n) is 18.0. The molecule has 3 aromatic carbocycles. The number of hydrogen-bond donors (Lipinski definition) is 2. The van der Waals surface area contributed by atoms with Crippen LogP contribution in [-0.2, 0) is 0 Å². The molecule has 2 amide bonds. The highest BCUT2D eigenvalue weighted by Gasteiger charge is 2.28. The van der Waals surface area contributed by atoms with Gasteiger partial charge in [-0.15, -0.1) is 0 Å². The summed E-state index contributed by atoms with van der Waals surface area (Å²) in [5, 5.41) is 4.32. The summed E-state index contributed by atoms with van der Waals surface area (Å²) < 4.78 is 40.8. The Morgan fingerprint density at radius 3 is 2.47 bits per heavy atom. The van der Waals surface area contributed by atoms with E-state index in [4.69, 9.17) is 9.47 Å². The summed E-state index contributed by atoms with van der Waals surface area (Å²) in [7, 11) is 0. The standard InChI is InChI=1S/C25H21F2N3O4/c26-24(27)34-18-11-9-17(10-12-18)22-19(16-5-2-1-3-6-16)15-30(29-22)25(31)28-20-7-4-8-21-23(20)33-14-13-32-21/h1-12,24,29H,13-15H2,(H,28,31). The van der Waals surface area contributed by atoms with Crippen LogP contribution in [0.1, 0.15) is 11.1 Å². The summed E-state index contributed by atoms with van der Waals surface area (Å²) in [6.45, 7) is -1.76. The average Bonchev–Trinajstić information content (AvgIpc) is 3.31. The Morgan fingerprint density at radius 1 is 0.941 bits per heavy atom. The van der Waals surface area contributed by atoms with Crippen molar-refractivity contribution < 1.29 is 27.8 Å². The van der Waals surface area contributed by atoms with Crippen LogP contribution in [0.15, 0.2) is 72.8 Å². The molecule has 0 saturated carbocycles. The maximum atomic E-state index is 13.2. The second-order valence-corrected chi connectivity index (χ2v) is 7.58. The van der Waals surface area contributed by atoms with Gasteiger partial charge in [0.2, 0.25) is 0 Å². The lowest BCUT2D eigenvalue weighted by atomic mass is 10.0. The Bertz CT molecular complexity index is 1220. The topological polar surface area (TPSA) is 72.1 Å². The van der Waals surface area contributed by atoms with E-state index in [1.165, 1.54) is 17.1 Å². The van der Waals surface area contributed by atoms with Crippen LogP contribution in [0.5, 0.6) is 17.2 Å².